The lowest BCUT2D eigenvalue weighted by atomic mass is 9.93. The molecule has 0 heterocycles. The zero-order valence-corrected chi connectivity index (χ0v) is 11.6. The lowest BCUT2D eigenvalue weighted by Gasteiger charge is -2.20. The maximum absolute atomic E-state index is 12.0. The minimum atomic E-state index is -1.75. The van der Waals surface area contributed by atoms with Crippen LogP contribution in [-0.4, -0.2) is 23.9 Å². The van der Waals surface area contributed by atoms with E-state index < -0.39 is 17.3 Å². The van der Waals surface area contributed by atoms with E-state index in [9.17, 15) is 9.59 Å². The van der Waals surface area contributed by atoms with Gasteiger partial charge in [-0.1, -0.05) is 17.6 Å². The molecule has 1 atom stereocenters. The summed E-state index contributed by atoms with van der Waals surface area (Å²) in [6, 6.07) is 0. The fourth-order valence-electron chi connectivity index (χ4n) is 1.57. The predicted octanol–water partition coefficient (Wildman–Crippen LogP) is 3.32. The number of azide groups is 1. The molecule has 0 aliphatic carbocycles. The Morgan fingerprint density at radius 1 is 1.42 bits per heavy atom. The van der Waals surface area contributed by atoms with Gasteiger partial charge in [-0.2, -0.15) is 0 Å². The number of hydrogen-bond donors (Lipinski definition) is 0. The van der Waals surface area contributed by atoms with Crippen molar-refractivity contribution in [3.8, 4) is 0 Å². The quantitative estimate of drug-likeness (QED) is 0.116. The fourth-order valence-corrected chi connectivity index (χ4v) is 1.57. The van der Waals surface area contributed by atoms with Crippen LogP contribution in [0.4, 0.5) is 0 Å². The number of ether oxygens (including phenoxy) is 1. The first-order chi connectivity index (χ1) is 9.02. The van der Waals surface area contributed by atoms with E-state index in [0.717, 1.165) is 19.3 Å². The summed E-state index contributed by atoms with van der Waals surface area (Å²) in [5.74, 6) is -1.19. The third-order valence-electron chi connectivity index (χ3n) is 2.77. The van der Waals surface area contributed by atoms with Gasteiger partial charge in [-0.25, -0.2) is 0 Å². The predicted molar refractivity (Wildman–Crippen MR) is 72.5 cm³/mol. The molecule has 0 N–H and O–H groups in total. The van der Waals surface area contributed by atoms with Gasteiger partial charge in [0.15, 0.2) is 5.78 Å². The number of unbranched alkanes of at least 4 members (excludes halogenated alkanes) is 3. The Balaban J connectivity index is 4.53. The first-order valence-corrected chi connectivity index (χ1v) is 6.40. The average Bonchev–Trinajstić information content (AvgIpc) is 2.38. The molecule has 0 saturated heterocycles. The summed E-state index contributed by atoms with van der Waals surface area (Å²) in [6.07, 6.45) is 5.40. The Morgan fingerprint density at radius 3 is 2.63 bits per heavy atom. The Bertz CT molecular complexity index is 375. The van der Waals surface area contributed by atoms with E-state index in [1.165, 1.54) is 6.92 Å². The van der Waals surface area contributed by atoms with Crippen molar-refractivity contribution in [2.45, 2.75) is 51.5 Å². The van der Waals surface area contributed by atoms with Gasteiger partial charge in [0.2, 0.25) is 5.54 Å². The van der Waals surface area contributed by atoms with Gasteiger partial charge in [-0.3, -0.25) is 9.59 Å². The summed E-state index contributed by atoms with van der Waals surface area (Å²) in [5, 5.41) is 3.33. The van der Waals surface area contributed by atoms with Gasteiger partial charge in [0.25, 0.3) is 0 Å². The molecule has 0 aliphatic rings. The van der Waals surface area contributed by atoms with E-state index in [1.807, 2.05) is 6.08 Å². The first-order valence-electron chi connectivity index (χ1n) is 6.40. The zero-order valence-electron chi connectivity index (χ0n) is 11.6. The van der Waals surface area contributed by atoms with Crippen LogP contribution < -0.4 is 0 Å². The summed E-state index contributed by atoms with van der Waals surface area (Å²) in [6.45, 7) is 6.69. The van der Waals surface area contributed by atoms with Gasteiger partial charge in [-0.05, 0) is 38.6 Å². The maximum Gasteiger partial charge on any atom is 0.325 e. The van der Waals surface area contributed by atoms with Crippen molar-refractivity contribution >= 4 is 11.8 Å². The monoisotopic (exact) mass is 267 g/mol. The first kappa shape index (κ1) is 17.2. The molecule has 0 spiro atoms. The second-order valence-electron chi connectivity index (χ2n) is 4.29. The minimum Gasteiger partial charge on any atom is -0.465 e. The molecule has 0 rings (SSSR count). The van der Waals surface area contributed by atoms with Crippen LogP contribution in [-0.2, 0) is 14.3 Å². The van der Waals surface area contributed by atoms with Gasteiger partial charge in [0.05, 0.1) is 6.61 Å². The largest absolute Gasteiger partial charge is 0.465 e. The van der Waals surface area contributed by atoms with Crippen molar-refractivity contribution in [2.75, 3.05) is 6.61 Å². The molecule has 0 fully saturated rings. The molecule has 19 heavy (non-hydrogen) atoms. The number of nitrogens with zero attached hydrogens (tertiary/aromatic N) is 3. The van der Waals surface area contributed by atoms with Gasteiger partial charge < -0.3 is 4.74 Å². The van der Waals surface area contributed by atoms with Crippen molar-refractivity contribution in [1.82, 2.24) is 0 Å². The molecule has 0 amide bonds. The molecule has 0 aromatic rings. The van der Waals surface area contributed by atoms with Crippen LogP contribution in [0.3, 0.4) is 0 Å². The smallest absolute Gasteiger partial charge is 0.325 e. The molecular weight excluding hydrogens is 246 g/mol. The van der Waals surface area contributed by atoms with E-state index in [2.05, 4.69) is 16.6 Å². The average molecular weight is 267 g/mol. The van der Waals surface area contributed by atoms with Crippen molar-refractivity contribution in [3.63, 3.8) is 0 Å². The highest BCUT2D eigenvalue weighted by Gasteiger charge is 2.41. The molecule has 0 bridgehead atoms. The number of rotatable bonds is 10. The Kier molecular flexibility index (Phi) is 8.29. The van der Waals surface area contributed by atoms with Crippen LogP contribution in [0.15, 0.2) is 17.8 Å². The van der Waals surface area contributed by atoms with Crippen molar-refractivity contribution in [1.29, 1.82) is 0 Å². The molecule has 0 aromatic carbocycles. The number of Topliss-reactive ketones (excluding diaryl/α,β-unsaturated/α-hetero) is 1. The maximum atomic E-state index is 12.0. The lowest BCUT2D eigenvalue weighted by molar-refractivity contribution is -0.152. The normalized spacial score (nSPS) is 12.9. The summed E-state index contributed by atoms with van der Waals surface area (Å²) in [5.41, 5.74) is 6.75. The van der Waals surface area contributed by atoms with Crippen molar-refractivity contribution in [2.24, 2.45) is 5.11 Å². The van der Waals surface area contributed by atoms with Crippen molar-refractivity contribution in [3.05, 3.63) is 23.1 Å². The molecule has 0 aliphatic heterocycles. The number of esters is 1. The zero-order chi connectivity index (χ0) is 14.7. The van der Waals surface area contributed by atoms with Crippen LogP contribution in [0.25, 0.3) is 10.4 Å². The Hall–Kier alpha value is -1.81. The van der Waals surface area contributed by atoms with Crippen LogP contribution >= 0.6 is 0 Å². The van der Waals surface area contributed by atoms with Crippen molar-refractivity contribution < 1.29 is 14.3 Å². The number of allylic oxidation sites excluding steroid dienone is 1. The van der Waals surface area contributed by atoms with E-state index in [1.54, 1.807) is 6.92 Å². The number of carbonyl (C=O) groups excluding carboxylic acids is 2. The Morgan fingerprint density at radius 2 is 2.11 bits per heavy atom. The lowest BCUT2D eigenvalue weighted by Crippen LogP contribution is -2.42. The number of ketones is 1. The minimum absolute atomic E-state index is 0.141. The molecule has 6 nitrogen and oxygen atoms in total. The van der Waals surface area contributed by atoms with Crippen LogP contribution in [0, 0.1) is 0 Å². The standard InChI is InChI=1S/C13H21N3O3/c1-4-6-7-8-9-10-11(17)13(3,15-16-14)12(18)19-5-2/h4H,1,5-10H2,2-3H3. The highest BCUT2D eigenvalue weighted by molar-refractivity contribution is 6.08. The Labute approximate surface area is 113 Å². The van der Waals surface area contributed by atoms with E-state index in [4.69, 9.17) is 10.3 Å². The second kappa shape index (κ2) is 9.16. The second-order valence-corrected chi connectivity index (χ2v) is 4.29. The molecule has 6 heteroatoms. The summed E-state index contributed by atoms with van der Waals surface area (Å²) >= 11 is 0. The van der Waals surface area contributed by atoms with Gasteiger partial charge in [0.1, 0.15) is 0 Å². The van der Waals surface area contributed by atoms with Crippen LogP contribution in [0.2, 0.25) is 0 Å². The summed E-state index contributed by atoms with van der Waals surface area (Å²) < 4.78 is 4.79. The third-order valence-corrected chi connectivity index (χ3v) is 2.77. The van der Waals surface area contributed by atoms with Gasteiger partial charge in [0, 0.05) is 11.3 Å². The van der Waals surface area contributed by atoms with Crippen LogP contribution in [0.1, 0.15) is 46.0 Å². The van der Waals surface area contributed by atoms with E-state index in [0.29, 0.717) is 6.42 Å². The molecule has 106 valence electrons. The van der Waals surface area contributed by atoms with E-state index in [-0.39, 0.29) is 13.0 Å². The SMILES string of the molecule is C=CCCCCCC(=O)C(C)(N=[N+]=[N-])C(=O)OCC. The number of hydrogen-bond acceptors (Lipinski definition) is 4. The third kappa shape index (κ3) is 5.57. The molecule has 0 saturated carbocycles. The molecular formula is C13H21N3O3. The summed E-state index contributed by atoms with van der Waals surface area (Å²) in [4.78, 5) is 26.3. The fraction of sp³-hybridized carbons (Fsp3) is 0.692. The van der Waals surface area contributed by atoms with E-state index >= 15 is 0 Å². The molecule has 0 radical (unpaired) electrons. The van der Waals surface area contributed by atoms with Crippen LogP contribution in [0.5, 0.6) is 0 Å². The topological polar surface area (TPSA) is 92.1 Å². The van der Waals surface area contributed by atoms with Gasteiger partial charge >= 0.3 is 5.97 Å². The van der Waals surface area contributed by atoms with Gasteiger partial charge in [-0.15, -0.1) is 6.58 Å². The highest BCUT2D eigenvalue weighted by Crippen LogP contribution is 2.19. The number of carbonyl (C=O) groups is 2. The molecule has 0 aromatic heterocycles. The summed E-state index contributed by atoms with van der Waals surface area (Å²) in [7, 11) is 0. The highest BCUT2D eigenvalue weighted by atomic mass is 16.5. The molecule has 1 unspecified atom stereocenters.